The van der Waals surface area contributed by atoms with Crippen molar-refractivity contribution in [1.82, 2.24) is 0 Å². The fourth-order valence-electron chi connectivity index (χ4n) is 2.31. The molecule has 90 valence electrons. The summed E-state index contributed by atoms with van der Waals surface area (Å²) in [4.78, 5) is 0. The van der Waals surface area contributed by atoms with Crippen LogP contribution in [0.2, 0.25) is 0 Å². The normalized spacial score (nSPS) is 16.9. The standard InChI is InChI=1S/C15H12FNO/c16-12-4-2-11(3-5-12)13-6-7-14(18-13)15(10-17)8-1-9-15/h2-7H,1,8-9H2. The van der Waals surface area contributed by atoms with Crippen LogP contribution in [0.5, 0.6) is 0 Å². The minimum Gasteiger partial charge on any atom is -0.459 e. The molecule has 2 nitrogen and oxygen atoms in total. The topological polar surface area (TPSA) is 36.9 Å². The van der Waals surface area contributed by atoms with Crippen LogP contribution in [0.1, 0.15) is 25.0 Å². The Morgan fingerprint density at radius 2 is 1.83 bits per heavy atom. The predicted molar refractivity (Wildman–Crippen MR) is 65.2 cm³/mol. The highest BCUT2D eigenvalue weighted by atomic mass is 19.1. The van der Waals surface area contributed by atoms with Gasteiger partial charge in [-0.05, 0) is 55.7 Å². The number of rotatable bonds is 2. The molecule has 1 aliphatic rings. The molecule has 0 saturated heterocycles. The first kappa shape index (κ1) is 11.0. The lowest BCUT2D eigenvalue weighted by Gasteiger charge is -2.32. The highest BCUT2D eigenvalue weighted by Gasteiger charge is 2.41. The van der Waals surface area contributed by atoms with E-state index in [9.17, 15) is 9.65 Å². The highest BCUT2D eigenvalue weighted by Crippen LogP contribution is 2.44. The van der Waals surface area contributed by atoms with E-state index in [2.05, 4.69) is 6.07 Å². The molecule has 1 aromatic carbocycles. The first-order chi connectivity index (χ1) is 8.73. The number of halogens is 1. The van der Waals surface area contributed by atoms with Gasteiger partial charge in [0.25, 0.3) is 0 Å². The van der Waals surface area contributed by atoms with E-state index in [1.54, 1.807) is 12.1 Å². The van der Waals surface area contributed by atoms with Gasteiger partial charge in [0.15, 0.2) is 0 Å². The minimum atomic E-state index is -0.432. The van der Waals surface area contributed by atoms with Gasteiger partial charge < -0.3 is 4.42 Å². The summed E-state index contributed by atoms with van der Waals surface area (Å²) in [5, 5.41) is 9.25. The molecule has 0 amide bonds. The van der Waals surface area contributed by atoms with Gasteiger partial charge in [0.1, 0.15) is 22.8 Å². The zero-order valence-corrected chi connectivity index (χ0v) is 9.82. The Balaban J connectivity index is 1.95. The van der Waals surface area contributed by atoms with E-state index in [0.29, 0.717) is 5.76 Å². The van der Waals surface area contributed by atoms with Crippen LogP contribution in [0, 0.1) is 17.1 Å². The number of hydrogen-bond acceptors (Lipinski definition) is 2. The number of nitriles is 1. The third kappa shape index (κ3) is 1.62. The van der Waals surface area contributed by atoms with Crippen LogP contribution in [-0.2, 0) is 5.41 Å². The maximum atomic E-state index is 12.8. The van der Waals surface area contributed by atoms with Crippen molar-refractivity contribution >= 4 is 0 Å². The average Bonchev–Trinajstić information content (AvgIpc) is 2.79. The van der Waals surface area contributed by atoms with Gasteiger partial charge in [-0.2, -0.15) is 5.26 Å². The molecule has 3 rings (SSSR count). The van der Waals surface area contributed by atoms with Crippen LogP contribution in [0.25, 0.3) is 11.3 Å². The molecular weight excluding hydrogens is 229 g/mol. The Morgan fingerprint density at radius 3 is 2.39 bits per heavy atom. The number of furan rings is 1. The molecular formula is C15H12FNO. The van der Waals surface area contributed by atoms with Gasteiger partial charge >= 0.3 is 0 Å². The molecule has 18 heavy (non-hydrogen) atoms. The molecule has 2 aromatic rings. The van der Waals surface area contributed by atoms with Gasteiger partial charge in [-0.25, -0.2) is 4.39 Å². The average molecular weight is 241 g/mol. The maximum absolute atomic E-state index is 12.8. The number of benzene rings is 1. The van der Waals surface area contributed by atoms with Crippen LogP contribution in [0.15, 0.2) is 40.8 Å². The number of nitrogens with zero attached hydrogens (tertiary/aromatic N) is 1. The van der Waals surface area contributed by atoms with Gasteiger partial charge in [-0.1, -0.05) is 0 Å². The van der Waals surface area contributed by atoms with Crippen molar-refractivity contribution in [3.8, 4) is 17.4 Å². The van der Waals surface area contributed by atoms with Crippen molar-refractivity contribution in [2.45, 2.75) is 24.7 Å². The fourth-order valence-corrected chi connectivity index (χ4v) is 2.31. The summed E-state index contributed by atoms with van der Waals surface area (Å²) in [7, 11) is 0. The van der Waals surface area contributed by atoms with Gasteiger partial charge in [-0.15, -0.1) is 0 Å². The van der Waals surface area contributed by atoms with Crippen molar-refractivity contribution in [1.29, 1.82) is 5.26 Å². The zero-order chi connectivity index (χ0) is 12.6. The summed E-state index contributed by atoms with van der Waals surface area (Å²) < 4.78 is 18.6. The van der Waals surface area contributed by atoms with Gasteiger partial charge in [-0.3, -0.25) is 0 Å². The first-order valence-electron chi connectivity index (χ1n) is 6.01. The first-order valence-corrected chi connectivity index (χ1v) is 6.01. The van der Waals surface area contributed by atoms with Crippen molar-refractivity contribution in [3.63, 3.8) is 0 Å². The summed E-state index contributed by atoms with van der Waals surface area (Å²) >= 11 is 0. The molecule has 1 aromatic heterocycles. The largest absolute Gasteiger partial charge is 0.459 e. The summed E-state index contributed by atoms with van der Waals surface area (Å²) in [5.74, 6) is 1.15. The highest BCUT2D eigenvalue weighted by molar-refractivity contribution is 5.57. The van der Waals surface area contributed by atoms with Crippen LogP contribution < -0.4 is 0 Å². The lowest BCUT2D eigenvalue weighted by molar-refractivity contribution is 0.270. The van der Waals surface area contributed by atoms with Crippen LogP contribution >= 0.6 is 0 Å². The molecule has 0 atom stereocenters. The van der Waals surface area contributed by atoms with E-state index in [1.807, 2.05) is 12.1 Å². The minimum absolute atomic E-state index is 0.266. The van der Waals surface area contributed by atoms with E-state index < -0.39 is 5.41 Å². The Bertz CT molecular complexity index is 602. The number of hydrogen-bond donors (Lipinski definition) is 0. The van der Waals surface area contributed by atoms with E-state index in [4.69, 9.17) is 4.42 Å². The summed E-state index contributed by atoms with van der Waals surface area (Å²) in [5.41, 5.74) is 0.397. The van der Waals surface area contributed by atoms with Gasteiger partial charge in [0, 0.05) is 5.56 Å². The van der Waals surface area contributed by atoms with Crippen LogP contribution in [-0.4, -0.2) is 0 Å². The third-order valence-corrected chi connectivity index (χ3v) is 3.63. The molecule has 0 spiro atoms. The third-order valence-electron chi connectivity index (χ3n) is 3.63. The molecule has 0 unspecified atom stereocenters. The van der Waals surface area contributed by atoms with E-state index in [-0.39, 0.29) is 5.82 Å². The molecule has 1 heterocycles. The smallest absolute Gasteiger partial charge is 0.134 e. The second kappa shape index (κ2) is 3.99. The van der Waals surface area contributed by atoms with Gasteiger partial charge in [0.05, 0.1) is 6.07 Å². The SMILES string of the molecule is N#CC1(c2ccc(-c3ccc(F)cc3)o2)CCC1. The zero-order valence-electron chi connectivity index (χ0n) is 9.82. The van der Waals surface area contributed by atoms with Gasteiger partial charge in [0.2, 0.25) is 0 Å². The molecule has 3 heteroatoms. The monoisotopic (exact) mass is 241 g/mol. The van der Waals surface area contributed by atoms with Crippen molar-refractivity contribution in [2.24, 2.45) is 0 Å². The molecule has 1 fully saturated rings. The predicted octanol–water partition coefficient (Wildman–Crippen LogP) is 4.03. The van der Waals surface area contributed by atoms with Crippen molar-refractivity contribution in [2.75, 3.05) is 0 Å². The van der Waals surface area contributed by atoms with Crippen LogP contribution in [0.3, 0.4) is 0 Å². The van der Waals surface area contributed by atoms with Crippen LogP contribution in [0.4, 0.5) is 4.39 Å². The van der Waals surface area contributed by atoms with Crippen molar-refractivity contribution in [3.05, 3.63) is 48.0 Å². The summed E-state index contributed by atoms with van der Waals surface area (Å²) in [6.45, 7) is 0. The molecule has 1 aliphatic carbocycles. The quantitative estimate of drug-likeness (QED) is 0.795. The Labute approximate surface area is 105 Å². The molecule has 1 saturated carbocycles. The molecule has 0 radical (unpaired) electrons. The summed E-state index contributed by atoms with van der Waals surface area (Å²) in [6, 6.07) is 12.2. The lowest BCUT2D eigenvalue weighted by atomic mass is 9.68. The Morgan fingerprint density at radius 1 is 1.11 bits per heavy atom. The van der Waals surface area contributed by atoms with Crippen molar-refractivity contribution < 1.29 is 8.81 Å². The fraction of sp³-hybridized carbons (Fsp3) is 0.267. The van der Waals surface area contributed by atoms with E-state index >= 15 is 0 Å². The lowest BCUT2D eigenvalue weighted by Crippen LogP contribution is -2.31. The van der Waals surface area contributed by atoms with E-state index in [0.717, 1.165) is 30.6 Å². The summed E-state index contributed by atoms with van der Waals surface area (Å²) in [6.07, 6.45) is 2.79. The Kier molecular flexibility index (Phi) is 2.45. The Hall–Kier alpha value is -2.08. The molecule has 0 aliphatic heterocycles. The van der Waals surface area contributed by atoms with E-state index in [1.165, 1.54) is 12.1 Å². The second-order valence-corrected chi connectivity index (χ2v) is 4.72. The maximum Gasteiger partial charge on any atom is 0.134 e. The second-order valence-electron chi connectivity index (χ2n) is 4.72. The molecule has 0 N–H and O–H groups in total. The molecule has 0 bridgehead atoms.